The summed E-state index contributed by atoms with van der Waals surface area (Å²) in [6.07, 6.45) is 3.66. The van der Waals surface area contributed by atoms with E-state index in [0.717, 1.165) is 12.4 Å². The van der Waals surface area contributed by atoms with Crippen molar-refractivity contribution >= 4 is 5.97 Å². The lowest BCUT2D eigenvalue weighted by Gasteiger charge is -2.39. The van der Waals surface area contributed by atoms with Crippen molar-refractivity contribution in [3.63, 3.8) is 0 Å². The second-order valence-electron chi connectivity index (χ2n) is 4.47. The first-order valence-corrected chi connectivity index (χ1v) is 5.55. The van der Waals surface area contributed by atoms with E-state index in [1.807, 2.05) is 15.7 Å². The number of hydrogen-bond acceptors (Lipinski definition) is 4. The van der Waals surface area contributed by atoms with E-state index in [1.165, 1.54) is 7.11 Å². The van der Waals surface area contributed by atoms with Gasteiger partial charge in [0.25, 0.3) is 0 Å². The van der Waals surface area contributed by atoms with E-state index in [1.54, 1.807) is 13.1 Å². The molecular formula is C11H17N3O3. The third-order valence-corrected chi connectivity index (χ3v) is 3.33. The van der Waals surface area contributed by atoms with Gasteiger partial charge >= 0.3 is 5.97 Å². The second kappa shape index (κ2) is 4.46. The van der Waals surface area contributed by atoms with Gasteiger partial charge in [0.1, 0.15) is 11.4 Å². The molecule has 0 fully saturated rings. The molecule has 6 heteroatoms. The van der Waals surface area contributed by atoms with E-state index in [9.17, 15) is 9.90 Å². The summed E-state index contributed by atoms with van der Waals surface area (Å²) in [6.45, 7) is 3.86. The van der Waals surface area contributed by atoms with Crippen LogP contribution in [-0.4, -0.2) is 51.3 Å². The lowest BCUT2D eigenvalue weighted by molar-refractivity contribution is -0.155. The van der Waals surface area contributed by atoms with Crippen LogP contribution in [0.3, 0.4) is 0 Å². The fourth-order valence-electron chi connectivity index (χ4n) is 2.16. The number of carbonyl (C=O) groups is 1. The van der Waals surface area contributed by atoms with E-state index in [-0.39, 0.29) is 6.61 Å². The topological polar surface area (TPSA) is 67.6 Å². The van der Waals surface area contributed by atoms with Gasteiger partial charge in [0.15, 0.2) is 0 Å². The number of ether oxygens (including phenoxy) is 1. The molecule has 0 bridgehead atoms. The molecule has 1 aromatic heterocycles. The van der Waals surface area contributed by atoms with Gasteiger partial charge < -0.3 is 14.4 Å². The largest absolute Gasteiger partial charge is 0.480 e. The Morgan fingerprint density at radius 1 is 1.65 bits per heavy atom. The maximum atomic E-state index is 11.4. The quantitative estimate of drug-likeness (QED) is 0.812. The molecule has 0 radical (unpaired) electrons. The van der Waals surface area contributed by atoms with E-state index < -0.39 is 11.5 Å². The van der Waals surface area contributed by atoms with Crippen LogP contribution in [0.4, 0.5) is 0 Å². The van der Waals surface area contributed by atoms with Gasteiger partial charge in [-0.1, -0.05) is 0 Å². The van der Waals surface area contributed by atoms with Gasteiger partial charge in [0, 0.05) is 32.6 Å². The highest BCUT2D eigenvalue weighted by Gasteiger charge is 2.41. The Hall–Kier alpha value is -1.40. The number of hydrogen-bond donors (Lipinski definition) is 1. The van der Waals surface area contributed by atoms with Crippen LogP contribution in [0.5, 0.6) is 0 Å². The Morgan fingerprint density at radius 3 is 3.06 bits per heavy atom. The van der Waals surface area contributed by atoms with Gasteiger partial charge in [-0.05, 0) is 6.92 Å². The SMILES string of the molecule is COCC(C)(C(=O)O)N1CCn2ccnc2C1. The van der Waals surface area contributed by atoms with E-state index in [0.29, 0.717) is 13.1 Å². The molecule has 1 aromatic rings. The fraction of sp³-hybridized carbons (Fsp3) is 0.636. The molecule has 1 aliphatic heterocycles. The zero-order valence-corrected chi connectivity index (χ0v) is 10.1. The Bertz CT molecular complexity index is 418. The van der Waals surface area contributed by atoms with Crippen LogP contribution >= 0.6 is 0 Å². The molecule has 2 heterocycles. The number of nitrogens with zero attached hydrogens (tertiary/aromatic N) is 3. The van der Waals surface area contributed by atoms with Crippen LogP contribution < -0.4 is 0 Å². The molecule has 1 unspecified atom stereocenters. The molecule has 94 valence electrons. The Morgan fingerprint density at radius 2 is 2.41 bits per heavy atom. The molecule has 0 aromatic carbocycles. The Balaban J connectivity index is 2.20. The molecule has 0 amide bonds. The van der Waals surface area contributed by atoms with Crippen molar-refractivity contribution in [3.05, 3.63) is 18.2 Å². The van der Waals surface area contributed by atoms with E-state index in [4.69, 9.17) is 4.74 Å². The first-order chi connectivity index (χ1) is 8.08. The van der Waals surface area contributed by atoms with Gasteiger partial charge in [0.2, 0.25) is 0 Å². The summed E-state index contributed by atoms with van der Waals surface area (Å²) in [4.78, 5) is 17.5. The molecule has 1 aliphatic rings. The number of imidazole rings is 1. The van der Waals surface area contributed by atoms with Crippen LogP contribution in [0.15, 0.2) is 12.4 Å². The smallest absolute Gasteiger partial charge is 0.326 e. The van der Waals surface area contributed by atoms with Crippen molar-refractivity contribution in [1.82, 2.24) is 14.5 Å². The predicted octanol–water partition coefficient (Wildman–Crippen LogP) is 0.188. The fourth-order valence-corrected chi connectivity index (χ4v) is 2.16. The summed E-state index contributed by atoms with van der Waals surface area (Å²) < 4.78 is 7.09. The normalized spacial score (nSPS) is 19.6. The molecule has 0 aliphatic carbocycles. The van der Waals surface area contributed by atoms with Crippen molar-refractivity contribution in [1.29, 1.82) is 0 Å². The third-order valence-electron chi connectivity index (χ3n) is 3.33. The molecule has 6 nitrogen and oxygen atoms in total. The molecule has 2 rings (SSSR count). The van der Waals surface area contributed by atoms with Gasteiger partial charge in [-0.15, -0.1) is 0 Å². The minimum absolute atomic E-state index is 0.170. The second-order valence-corrected chi connectivity index (χ2v) is 4.47. The van der Waals surface area contributed by atoms with Crippen molar-refractivity contribution in [3.8, 4) is 0 Å². The summed E-state index contributed by atoms with van der Waals surface area (Å²) in [6, 6.07) is 0. The number of fused-ring (bicyclic) bond motifs is 1. The number of carboxylic acid groups (broad SMARTS) is 1. The van der Waals surface area contributed by atoms with Gasteiger partial charge in [-0.25, -0.2) is 4.98 Å². The van der Waals surface area contributed by atoms with Crippen LogP contribution in [0.2, 0.25) is 0 Å². The summed E-state index contributed by atoms with van der Waals surface area (Å²) >= 11 is 0. The highest BCUT2D eigenvalue weighted by molar-refractivity contribution is 5.78. The number of aliphatic carboxylic acids is 1. The van der Waals surface area contributed by atoms with Crippen molar-refractivity contribution in [2.24, 2.45) is 0 Å². The predicted molar refractivity (Wildman–Crippen MR) is 60.6 cm³/mol. The van der Waals surface area contributed by atoms with Crippen molar-refractivity contribution < 1.29 is 14.6 Å². The van der Waals surface area contributed by atoms with E-state index in [2.05, 4.69) is 4.98 Å². The zero-order valence-electron chi connectivity index (χ0n) is 10.1. The molecule has 1 N–H and O–H groups in total. The molecule has 0 saturated carbocycles. The van der Waals surface area contributed by atoms with Gasteiger partial charge in [0.05, 0.1) is 13.2 Å². The molecule has 17 heavy (non-hydrogen) atoms. The van der Waals surface area contributed by atoms with Gasteiger partial charge in [-0.2, -0.15) is 0 Å². The summed E-state index contributed by atoms with van der Waals surface area (Å²) in [5, 5.41) is 9.37. The highest BCUT2D eigenvalue weighted by atomic mass is 16.5. The Labute approximate surface area is 99.8 Å². The number of carboxylic acids is 1. The maximum Gasteiger partial charge on any atom is 0.326 e. The Kier molecular flexibility index (Phi) is 3.17. The lowest BCUT2D eigenvalue weighted by atomic mass is 10.0. The third kappa shape index (κ3) is 2.05. The van der Waals surface area contributed by atoms with E-state index >= 15 is 0 Å². The summed E-state index contributed by atoms with van der Waals surface area (Å²) in [7, 11) is 1.52. The first kappa shape index (κ1) is 12.1. The molecule has 1 atom stereocenters. The first-order valence-electron chi connectivity index (χ1n) is 5.55. The van der Waals surface area contributed by atoms with Crippen LogP contribution in [0, 0.1) is 0 Å². The number of methoxy groups -OCH3 is 1. The van der Waals surface area contributed by atoms with Crippen LogP contribution in [0.25, 0.3) is 0 Å². The molecule has 0 spiro atoms. The summed E-state index contributed by atoms with van der Waals surface area (Å²) in [5.74, 6) is 0.0409. The van der Waals surface area contributed by atoms with Crippen LogP contribution in [-0.2, 0) is 22.6 Å². The zero-order chi connectivity index (χ0) is 12.5. The average molecular weight is 239 g/mol. The number of rotatable bonds is 4. The average Bonchev–Trinajstić information content (AvgIpc) is 2.75. The summed E-state index contributed by atoms with van der Waals surface area (Å²) in [5.41, 5.74) is -0.994. The standard InChI is InChI=1S/C11H17N3O3/c1-11(8-17-2,10(15)16)14-6-5-13-4-3-12-9(13)7-14/h3-4H,5-8H2,1-2H3,(H,15,16). The minimum atomic E-state index is -0.994. The van der Waals surface area contributed by atoms with Gasteiger partial charge in [-0.3, -0.25) is 9.69 Å². The van der Waals surface area contributed by atoms with Crippen molar-refractivity contribution in [2.45, 2.75) is 25.6 Å². The number of aromatic nitrogens is 2. The highest BCUT2D eigenvalue weighted by Crippen LogP contribution is 2.22. The lowest BCUT2D eigenvalue weighted by Crippen LogP contribution is -2.57. The molecule has 0 saturated heterocycles. The molecular weight excluding hydrogens is 222 g/mol. The monoisotopic (exact) mass is 239 g/mol. The van der Waals surface area contributed by atoms with Crippen molar-refractivity contribution in [2.75, 3.05) is 20.3 Å². The minimum Gasteiger partial charge on any atom is -0.480 e. The maximum absolute atomic E-state index is 11.4. The van der Waals surface area contributed by atoms with Crippen LogP contribution in [0.1, 0.15) is 12.7 Å².